The molecule has 0 saturated carbocycles. The van der Waals surface area contributed by atoms with E-state index in [-0.39, 0.29) is 37.3 Å². The van der Waals surface area contributed by atoms with Crippen LogP contribution < -0.4 is 9.47 Å². The van der Waals surface area contributed by atoms with Crippen LogP contribution in [0.2, 0.25) is 0 Å². The highest BCUT2D eigenvalue weighted by Gasteiger charge is 2.49. The van der Waals surface area contributed by atoms with Gasteiger partial charge in [-0.2, -0.15) is 0 Å². The summed E-state index contributed by atoms with van der Waals surface area (Å²) >= 11 is 0. The van der Waals surface area contributed by atoms with Gasteiger partial charge in [-0.3, -0.25) is 9.69 Å². The molecule has 0 spiro atoms. The third kappa shape index (κ3) is 4.38. The summed E-state index contributed by atoms with van der Waals surface area (Å²) in [4.78, 5) is 17.8. The minimum Gasteiger partial charge on any atom is -0.454 e. The second-order valence-corrected chi connectivity index (χ2v) is 9.65. The van der Waals surface area contributed by atoms with Gasteiger partial charge in [0.2, 0.25) is 6.79 Å². The van der Waals surface area contributed by atoms with Gasteiger partial charge >= 0.3 is 0 Å². The zero-order valence-corrected chi connectivity index (χ0v) is 19.9. The third-order valence-electron chi connectivity index (χ3n) is 7.08. The van der Waals surface area contributed by atoms with Crippen LogP contribution in [0.5, 0.6) is 11.5 Å². The SMILES string of the molecule is CC(C)C#Cc1ccc([C@@H]2[C@@H](CO)N3CCCCN(C(=O)c4ccc5c(c4)OCO5)C[C@H]23)cc1. The predicted molar refractivity (Wildman–Crippen MR) is 130 cm³/mol. The second kappa shape index (κ2) is 9.69. The van der Waals surface area contributed by atoms with E-state index in [9.17, 15) is 9.90 Å². The topological polar surface area (TPSA) is 62.2 Å². The van der Waals surface area contributed by atoms with E-state index in [1.54, 1.807) is 6.07 Å². The average Bonchev–Trinajstić information content (AvgIpc) is 3.30. The quantitative estimate of drug-likeness (QED) is 0.711. The first-order valence-electron chi connectivity index (χ1n) is 12.2. The van der Waals surface area contributed by atoms with Crippen molar-refractivity contribution in [2.75, 3.05) is 33.0 Å². The number of hydrogen-bond acceptors (Lipinski definition) is 5. The van der Waals surface area contributed by atoms with Crippen LogP contribution in [0, 0.1) is 17.8 Å². The van der Waals surface area contributed by atoms with Gasteiger partial charge < -0.3 is 19.5 Å². The van der Waals surface area contributed by atoms with Crippen molar-refractivity contribution in [1.82, 2.24) is 9.80 Å². The van der Waals surface area contributed by atoms with Gasteiger partial charge in [-0.05, 0) is 55.3 Å². The predicted octanol–water partition coefficient (Wildman–Crippen LogP) is 3.49. The molecule has 3 atom stereocenters. The lowest BCUT2D eigenvalue weighted by molar-refractivity contribution is -0.0606. The Bertz CT molecular complexity index is 1100. The van der Waals surface area contributed by atoms with Crippen LogP contribution >= 0.6 is 0 Å². The van der Waals surface area contributed by atoms with E-state index in [1.807, 2.05) is 17.0 Å². The van der Waals surface area contributed by atoms with Crippen LogP contribution in [-0.2, 0) is 0 Å². The van der Waals surface area contributed by atoms with Crippen molar-refractivity contribution >= 4 is 5.91 Å². The number of benzene rings is 2. The van der Waals surface area contributed by atoms with Crippen molar-refractivity contribution in [3.8, 4) is 23.3 Å². The van der Waals surface area contributed by atoms with Gasteiger partial charge in [0, 0.05) is 48.1 Å². The van der Waals surface area contributed by atoms with Crippen LogP contribution in [0.25, 0.3) is 0 Å². The number of ether oxygens (including phenoxy) is 2. The molecular formula is C28H32N2O4. The Labute approximate surface area is 201 Å². The molecule has 1 N–H and O–H groups in total. The number of rotatable bonds is 3. The summed E-state index contributed by atoms with van der Waals surface area (Å²) in [6, 6.07) is 14.1. The first-order valence-corrected chi connectivity index (χ1v) is 12.2. The smallest absolute Gasteiger partial charge is 0.254 e. The molecule has 3 heterocycles. The molecule has 2 saturated heterocycles. The number of fused-ring (bicyclic) bond motifs is 2. The van der Waals surface area contributed by atoms with Crippen molar-refractivity contribution in [3.05, 3.63) is 59.2 Å². The molecule has 6 heteroatoms. The van der Waals surface area contributed by atoms with Crippen LogP contribution in [0.1, 0.15) is 54.1 Å². The minimum absolute atomic E-state index is 0.0191. The van der Waals surface area contributed by atoms with Crippen LogP contribution in [-0.4, -0.2) is 65.9 Å². The normalized spacial score (nSPS) is 23.9. The summed E-state index contributed by atoms with van der Waals surface area (Å²) in [5.74, 6) is 8.28. The van der Waals surface area contributed by atoms with Gasteiger partial charge in [0.05, 0.1) is 6.61 Å². The van der Waals surface area contributed by atoms with E-state index in [4.69, 9.17) is 9.47 Å². The zero-order chi connectivity index (χ0) is 23.7. The maximum absolute atomic E-state index is 13.5. The largest absolute Gasteiger partial charge is 0.454 e. The van der Waals surface area contributed by atoms with Crippen molar-refractivity contribution in [2.24, 2.45) is 5.92 Å². The molecule has 2 aromatic carbocycles. The second-order valence-electron chi connectivity index (χ2n) is 9.65. The van der Waals surface area contributed by atoms with Gasteiger partial charge in [0.1, 0.15) is 0 Å². The minimum atomic E-state index is 0.0191. The highest BCUT2D eigenvalue weighted by molar-refractivity contribution is 5.95. The molecule has 0 unspecified atom stereocenters. The first-order chi connectivity index (χ1) is 16.5. The number of carbonyl (C=O) groups excluding carboxylic acids is 1. The lowest BCUT2D eigenvalue weighted by atomic mass is 9.74. The lowest BCUT2D eigenvalue weighted by Crippen LogP contribution is -2.67. The van der Waals surface area contributed by atoms with Gasteiger partial charge in [-0.1, -0.05) is 37.8 Å². The molecule has 0 aromatic heterocycles. The number of amides is 1. The van der Waals surface area contributed by atoms with Gasteiger partial charge in [-0.25, -0.2) is 0 Å². The number of aliphatic hydroxyl groups is 1. The standard InChI is InChI=1S/C28H32N2O4/c1-19(2)5-6-20-7-9-21(10-8-20)27-23-16-29(13-3-4-14-30(23)24(27)17-31)28(32)22-11-12-25-26(15-22)34-18-33-25/h7-12,15,19,23-24,27,31H,3-4,13-14,16-18H2,1-2H3/t23-,24-,27+/m1/s1. The summed E-state index contributed by atoms with van der Waals surface area (Å²) in [6.45, 7) is 6.81. The fourth-order valence-corrected chi connectivity index (χ4v) is 5.35. The summed E-state index contributed by atoms with van der Waals surface area (Å²) in [7, 11) is 0. The van der Waals surface area contributed by atoms with E-state index >= 15 is 0 Å². The van der Waals surface area contributed by atoms with Crippen molar-refractivity contribution in [2.45, 2.75) is 44.7 Å². The number of aliphatic hydroxyl groups excluding tert-OH is 1. The van der Waals surface area contributed by atoms with Crippen molar-refractivity contribution in [1.29, 1.82) is 0 Å². The lowest BCUT2D eigenvalue weighted by Gasteiger charge is -2.57. The van der Waals surface area contributed by atoms with Crippen LogP contribution in [0.15, 0.2) is 42.5 Å². The third-order valence-corrected chi connectivity index (χ3v) is 7.08. The molecular weight excluding hydrogens is 428 g/mol. The Morgan fingerprint density at radius 3 is 2.62 bits per heavy atom. The van der Waals surface area contributed by atoms with E-state index in [2.05, 4.69) is 54.9 Å². The van der Waals surface area contributed by atoms with Crippen molar-refractivity contribution in [3.63, 3.8) is 0 Å². The average molecular weight is 461 g/mol. The highest BCUT2D eigenvalue weighted by Crippen LogP contribution is 2.42. The molecule has 6 nitrogen and oxygen atoms in total. The Morgan fingerprint density at radius 1 is 1.09 bits per heavy atom. The summed E-state index contributed by atoms with van der Waals surface area (Å²) in [6.07, 6.45) is 1.96. The van der Waals surface area contributed by atoms with Crippen LogP contribution in [0.4, 0.5) is 0 Å². The number of hydrogen-bond donors (Lipinski definition) is 1. The number of nitrogens with zero attached hydrogens (tertiary/aromatic N) is 2. The summed E-state index contributed by atoms with van der Waals surface area (Å²) < 4.78 is 10.9. The molecule has 34 heavy (non-hydrogen) atoms. The highest BCUT2D eigenvalue weighted by atomic mass is 16.7. The van der Waals surface area contributed by atoms with E-state index in [1.165, 1.54) is 5.56 Å². The fraction of sp³-hybridized carbons (Fsp3) is 0.464. The summed E-state index contributed by atoms with van der Waals surface area (Å²) in [5.41, 5.74) is 2.83. The maximum atomic E-state index is 13.5. The van der Waals surface area contributed by atoms with Gasteiger partial charge in [-0.15, -0.1) is 0 Å². The maximum Gasteiger partial charge on any atom is 0.254 e. The van der Waals surface area contributed by atoms with E-state index < -0.39 is 0 Å². The molecule has 1 amide bonds. The zero-order valence-electron chi connectivity index (χ0n) is 19.9. The molecule has 0 bridgehead atoms. The molecule has 5 rings (SSSR count). The molecule has 3 aliphatic heterocycles. The molecule has 2 fully saturated rings. The van der Waals surface area contributed by atoms with E-state index in [0.717, 1.165) is 31.5 Å². The van der Waals surface area contributed by atoms with Crippen LogP contribution in [0.3, 0.4) is 0 Å². The molecule has 0 aliphatic carbocycles. The van der Waals surface area contributed by atoms with Gasteiger partial charge in [0.25, 0.3) is 5.91 Å². The molecule has 178 valence electrons. The van der Waals surface area contributed by atoms with Gasteiger partial charge in [0.15, 0.2) is 11.5 Å². The van der Waals surface area contributed by atoms with E-state index in [0.29, 0.717) is 29.5 Å². The molecule has 2 aromatic rings. The number of carbonyl (C=O) groups is 1. The molecule has 0 radical (unpaired) electrons. The Morgan fingerprint density at radius 2 is 1.85 bits per heavy atom. The Hall–Kier alpha value is -3.01. The molecule has 3 aliphatic rings. The van der Waals surface area contributed by atoms with Crippen molar-refractivity contribution < 1.29 is 19.4 Å². The Kier molecular flexibility index (Phi) is 6.49. The summed E-state index contributed by atoms with van der Waals surface area (Å²) in [5, 5.41) is 10.2. The monoisotopic (exact) mass is 460 g/mol. The Balaban J connectivity index is 1.37. The fourth-order valence-electron chi connectivity index (χ4n) is 5.35. The first kappa shape index (κ1) is 22.8.